The lowest BCUT2D eigenvalue weighted by Crippen LogP contribution is -2.35. The van der Waals surface area contributed by atoms with Crippen molar-refractivity contribution >= 4 is 29.4 Å². The first-order valence-corrected chi connectivity index (χ1v) is 6.34. The summed E-state index contributed by atoms with van der Waals surface area (Å²) in [5.74, 6) is -3.19. The van der Waals surface area contributed by atoms with Crippen LogP contribution in [0.3, 0.4) is 0 Å². The van der Waals surface area contributed by atoms with Gasteiger partial charge in [-0.1, -0.05) is 0 Å². The van der Waals surface area contributed by atoms with E-state index >= 15 is 0 Å². The van der Waals surface area contributed by atoms with Crippen LogP contribution in [0.15, 0.2) is 18.2 Å². The summed E-state index contributed by atoms with van der Waals surface area (Å²) in [6.45, 7) is 1.93. The zero-order chi connectivity index (χ0) is 16.7. The van der Waals surface area contributed by atoms with Crippen LogP contribution in [0.5, 0.6) is 0 Å². The second kappa shape index (κ2) is 7.77. The van der Waals surface area contributed by atoms with Crippen LogP contribution in [0, 0.1) is 0 Å². The SMILES string of the molecule is CCNC(=O)C(=O)Nc1cc(C(=O)OC)ccc1C(=O)OC. The molecule has 1 aromatic carbocycles. The van der Waals surface area contributed by atoms with Crippen LogP contribution in [-0.4, -0.2) is 44.5 Å². The summed E-state index contributed by atoms with van der Waals surface area (Å²) < 4.78 is 9.15. The lowest BCUT2D eigenvalue weighted by atomic mass is 10.1. The highest BCUT2D eigenvalue weighted by molar-refractivity contribution is 6.40. The fourth-order valence-corrected chi connectivity index (χ4v) is 1.60. The van der Waals surface area contributed by atoms with E-state index in [1.807, 2.05) is 0 Å². The summed E-state index contributed by atoms with van der Waals surface area (Å²) >= 11 is 0. The van der Waals surface area contributed by atoms with Gasteiger partial charge in [-0.3, -0.25) is 9.59 Å². The molecule has 0 aliphatic carbocycles. The summed E-state index contributed by atoms with van der Waals surface area (Å²) in [4.78, 5) is 46.3. The van der Waals surface area contributed by atoms with Crippen LogP contribution in [0.2, 0.25) is 0 Å². The average molecular weight is 308 g/mol. The fraction of sp³-hybridized carbons (Fsp3) is 0.286. The number of anilines is 1. The molecule has 0 atom stereocenters. The molecule has 0 spiro atoms. The molecule has 0 radical (unpaired) electrons. The van der Waals surface area contributed by atoms with Gasteiger partial charge in [0.15, 0.2) is 0 Å². The summed E-state index contributed by atoms with van der Waals surface area (Å²) in [6.07, 6.45) is 0. The third-order valence-electron chi connectivity index (χ3n) is 2.64. The second-order valence-corrected chi connectivity index (χ2v) is 4.06. The van der Waals surface area contributed by atoms with Crippen LogP contribution in [-0.2, 0) is 19.1 Å². The van der Waals surface area contributed by atoms with Gasteiger partial charge in [0.25, 0.3) is 0 Å². The average Bonchev–Trinajstić information content (AvgIpc) is 2.53. The molecule has 8 nitrogen and oxygen atoms in total. The molecule has 0 bridgehead atoms. The monoisotopic (exact) mass is 308 g/mol. The molecule has 2 N–H and O–H groups in total. The standard InChI is InChI=1S/C14H16N2O6/c1-4-15-11(17)12(18)16-10-7-8(13(19)21-2)5-6-9(10)14(20)22-3/h5-7H,4H2,1-3H3,(H,15,17)(H,16,18). The Balaban J connectivity index is 3.16. The number of hydrogen-bond donors (Lipinski definition) is 2. The number of benzene rings is 1. The van der Waals surface area contributed by atoms with E-state index in [1.165, 1.54) is 32.4 Å². The highest BCUT2D eigenvalue weighted by Crippen LogP contribution is 2.19. The minimum atomic E-state index is -0.964. The third kappa shape index (κ3) is 4.05. The highest BCUT2D eigenvalue weighted by atomic mass is 16.5. The summed E-state index contributed by atoms with van der Waals surface area (Å²) in [7, 11) is 2.37. The van der Waals surface area contributed by atoms with Crippen LogP contribution >= 0.6 is 0 Å². The highest BCUT2D eigenvalue weighted by Gasteiger charge is 2.20. The maximum Gasteiger partial charge on any atom is 0.339 e. The Morgan fingerprint density at radius 3 is 2.18 bits per heavy atom. The van der Waals surface area contributed by atoms with Crippen molar-refractivity contribution in [1.82, 2.24) is 5.32 Å². The molecule has 0 aliphatic rings. The van der Waals surface area contributed by atoms with Gasteiger partial charge in [-0.15, -0.1) is 0 Å². The van der Waals surface area contributed by atoms with Crippen LogP contribution in [0.1, 0.15) is 27.6 Å². The number of hydrogen-bond acceptors (Lipinski definition) is 6. The van der Waals surface area contributed by atoms with Crippen molar-refractivity contribution in [2.24, 2.45) is 0 Å². The zero-order valence-corrected chi connectivity index (χ0v) is 12.4. The summed E-state index contributed by atoms with van der Waals surface area (Å²) in [6, 6.07) is 3.88. The van der Waals surface area contributed by atoms with Crippen LogP contribution < -0.4 is 10.6 Å². The van der Waals surface area contributed by atoms with Gasteiger partial charge in [0.2, 0.25) is 0 Å². The molecule has 1 aromatic rings. The Bertz CT molecular complexity index is 611. The van der Waals surface area contributed by atoms with Gasteiger partial charge in [0.1, 0.15) is 0 Å². The molecular formula is C14H16N2O6. The number of rotatable bonds is 4. The first kappa shape index (κ1) is 17.2. The Kier molecular flexibility index (Phi) is 6.06. The number of carbonyl (C=O) groups is 4. The van der Waals surface area contributed by atoms with E-state index in [4.69, 9.17) is 0 Å². The molecule has 0 saturated heterocycles. The van der Waals surface area contributed by atoms with E-state index < -0.39 is 23.8 Å². The van der Waals surface area contributed by atoms with Gasteiger partial charge in [-0.05, 0) is 25.1 Å². The molecule has 0 fully saturated rings. The Morgan fingerprint density at radius 2 is 1.64 bits per heavy atom. The van der Waals surface area contributed by atoms with Crippen molar-refractivity contribution in [2.75, 3.05) is 26.1 Å². The number of nitrogens with one attached hydrogen (secondary N) is 2. The van der Waals surface area contributed by atoms with E-state index in [9.17, 15) is 19.2 Å². The Hall–Kier alpha value is -2.90. The van der Waals surface area contributed by atoms with E-state index in [1.54, 1.807) is 6.92 Å². The molecule has 2 amide bonds. The van der Waals surface area contributed by atoms with Crippen molar-refractivity contribution in [3.63, 3.8) is 0 Å². The van der Waals surface area contributed by atoms with Crippen molar-refractivity contribution in [1.29, 1.82) is 0 Å². The Morgan fingerprint density at radius 1 is 1.00 bits per heavy atom. The van der Waals surface area contributed by atoms with Gasteiger partial charge < -0.3 is 20.1 Å². The molecule has 8 heteroatoms. The van der Waals surface area contributed by atoms with Gasteiger partial charge in [-0.2, -0.15) is 0 Å². The summed E-state index contributed by atoms with van der Waals surface area (Å²) in [5, 5.41) is 4.59. The quantitative estimate of drug-likeness (QED) is 0.613. The van der Waals surface area contributed by atoms with Crippen LogP contribution in [0.4, 0.5) is 5.69 Å². The van der Waals surface area contributed by atoms with E-state index in [0.29, 0.717) is 0 Å². The molecule has 22 heavy (non-hydrogen) atoms. The lowest BCUT2D eigenvalue weighted by molar-refractivity contribution is -0.136. The van der Waals surface area contributed by atoms with E-state index in [-0.39, 0.29) is 23.4 Å². The number of carbonyl (C=O) groups excluding carboxylic acids is 4. The predicted octanol–water partition coefficient (Wildman–Crippen LogP) is 0.334. The van der Waals surface area contributed by atoms with E-state index in [2.05, 4.69) is 20.1 Å². The van der Waals surface area contributed by atoms with Gasteiger partial charge in [-0.25, -0.2) is 9.59 Å². The maximum atomic E-state index is 11.7. The molecule has 118 valence electrons. The molecule has 1 rings (SSSR count). The first-order chi connectivity index (χ1) is 10.4. The zero-order valence-electron chi connectivity index (χ0n) is 12.4. The first-order valence-electron chi connectivity index (χ1n) is 6.34. The predicted molar refractivity (Wildman–Crippen MR) is 76.4 cm³/mol. The molecular weight excluding hydrogens is 292 g/mol. The number of ether oxygens (including phenoxy) is 2. The van der Waals surface area contributed by atoms with Crippen molar-refractivity contribution in [3.05, 3.63) is 29.3 Å². The second-order valence-electron chi connectivity index (χ2n) is 4.06. The topological polar surface area (TPSA) is 111 Å². The molecule has 0 unspecified atom stereocenters. The molecule has 0 saturated carbocycles. The lowest BCUT2D eigenvalue weighted by Gasteiger charge is -2.11. The molecule has 0 aromatic heterocycles. The van der Waals surface area contributed by atoms with Gasteiger partial charge >= 0.3 is 23.8 Å². The normalized spacial score (nSPS) is 9.59. The largest absolute Gasteiger partial charge is 0.465 e. The smallest absolute Gasteiger partial charge is 0.339 e. The number of esters is 2. The maximum absolute atomic E-state index is 11.7. The third-order valence-corrected chi connectivity index (χ3v) is 2.64. The minimum Gasteiger partial charge on any atom is -0.465 e. The van der Waals surface area contributed by atoms with Crippen molar-refractivity contribution in [2.45, 2.75) is 6.92 Å². The number of likely N-dealkylation sites (N-methyl/N-ethyl adjacent to an activating group) is 1. The Labute approximate surface area is 126 Å². The minimum absolute atomic E-state index is 0.00722. The molecule has 0 heterocycles. The summed E-state index contributed by atoms with van der Waals surface area (Å²) in [5.41, 5.74) is 0.0974. The van der Waals surface area contributed by atoms with Crippen LogP contribution in [0.25, 0.3) is 0 Å². The van der Waals surface area contributed by atoms with Gasteiger partial charge in [0, 0.05) is 6.54 Å². The van der Waals surface area contributed by atoms with E-state index in [0.717, 1.165) is 0 Å². The number of amides is 2. The van der Waals surface area contributed by atoms with Gasteiger partial charge in [0.05, 0.1) is 31.0 Å². The molecule has 0 aliphatic heterocycles. The van der Waals surface area contributed by atoms with Crippen molar-refractivity contribution < 1.29 is 28.7 Å². The number of methoxy groups -OCH3 is 2. The van der Waals surface area contributed by atoms with Crippen molar-refractivity contribution in [3.8, 4) is 0 Å². The fourth-order valence-electron chi connectivity index (χ4n) is 1.60.